The van der Waals surface area contributed by atoms with Crippen molar-refractivity contribution in [2.24, 2.45) is 0 Å². The normalized spacial score (nSPS) is 25.6. The Morgan fingerprint density at radius 2 is 2.05 bits per heavy atom. The highest BCUT2D eigenvalue weighted by Gasteiger charge is 2.33. The fourth-order valence-electron chi connectivity index (χ4n) is 3.05. The first kappa shape index (κ1) is 14.8. The van der Waals surface area contributed by atoms with Gasteiger partial charge >= 0.3 is 0 Å². The highest BCUT2D eigenvalue weighted by atomic mass is 16.7. The topological polar surface area (TPSA) is 39.7 Å². The van der Waals surface area contributed by atoms with Gasteiger partial charge in [-0.1, -0.05) is 18.2 Å². The van der Waals surface area contributed by atoms with Crippen LogP contribution in [-0.4, -0.2) is 30.6 Å². The van der Waals surface area contributed by atoms with Crippen LogP contribution in [0.5, 0.6) is 5.75 Å². The molecule has 0 aliphatic carbocycles. The minimum Gasteiger partial charge on any atom is -0.487 e. The molecule has 0 spiro atoms. The van der Waals surface area contributed by atoms with E-state index in [0.717, 1.165) is 25.3 Å². The second-order valence-corrected chi connectivity index (χ2v) is 7.03. The van der Waals surface area contributed by atoms with E-state index < -0.39 is 5.79 Å². The van der Waals surface area contributed by atoms with Crippen LogP contribution >= 0.6 is 0 Å². The van der Waals surface area contributed by atoms with E-state index in [1.807, 2.05) is 13.8 Å². The maximum Gasteiger partial charge on any atom is 0.163 e. The highest BCUT2D eigenvalue weighted by molar-refractivity contribution is 5.45. The first-order valence-corrected chi connectivity index (χ1v) is 7.67. The number of hydrogen-bond donors (Lipinski definition) is 1. The van der Waals surface area contributed by atoms with Crippen molar-refractivity contribution in [3.63, 3.8) is 0 Å². The quantitative estimate of drug-likeness (QED) is 0.926. The highest BCUT2D eigenvalue weighted by Crippen LogP contribution is 2.37. The van der Waals surface area contributed by atoms with Gasteiger partial charge in [0.05, 0.1) is 12.7 Å². The Morgan fingerprint density at radius 1 is 1.24 bits per heavy atom. The lowest BCUT2D eigenvalue weighted by atomic mass is 10.0. The summed E-state index contributed by atoms with van der Waals surface area (Å²) in [6.07, 6.45) is 1.10. The molecule has 1 atom stereocenters. The van der Waals surface area contributed by atoms with Gasteiger partial charge in [-0.3, -0.25) is 0 Å². The molecule has 0 radical (unpaired) electrons. The van der Waals surface area contributed by atoms with Gasteiger partial charge in [0, 0.05) is 25.1 Å². The Labute approximate surface area is 126 Å². The Balaban J connectivity index is 1.57. The minimum atomic E-state index is -0.451. The molecule has 1 saturated heterocycles. The lowest BCUT2D eigenvalue weighted by molar-refractivity contribution is -0.137. The summed E-state index contributed by atoms with van der Waals surface area (Å²) in [5, 5.41) is 3.45. The van der Waals surface area contributed by atoms with Crippen molar-refractivity contribution in [2.75, 3.05) is 13.2 Å². The van der Waals surface area contributed by atoms with Crippen molar-refractivity contribution < 1.29 is 14.2 Å². The molecule has 0 saturated carbocycles. The molecule has 4 heteroatoms. The van der Waals surface area contributed by atoms with Gasteiger partial charge in [0.1, 0.15) is 11.4 Å². The van der Waals surface area contributed by atoms with E-state index in [9.17, 15) is 0 Å². The molecule has 0 aromatic heterocycles. The van der Waals surface area contributed by atoms with Crippen molar-refractivity contribution in [2.45, 2.75) is 58.2 Å². The van der Waals surface area contributed by atoms with E-state index in [2.05, 4.69) is 37.4 Å². The first-order chi connectivity index (χ1) is 9.85. The van der Waals surface area contributed by atoms with Crippen LogP contribution in [0.25, 0.3) is 0 Å². The molecule has 2 aliphatic heterocycles. The molecule has 1 fully saturated rings. The zero-order valence-corrected chi connectivity index (χ0v) is 13.4. The van der Waals surface area contributed by atoms with Crippen molar-refractivity contribution in [1.82, 2.24) is 5.32 Å². The van der Waals surface area contributed by atoms with Gasteiger partial charge < -0.3 is 19.5 Å². The summed E-state index contributed by atoms with van der Waals surface area (Å²) in [6.45, 7) is 10.4. The predicted octanol–water partition coefficient (Wildman–Crippen LogP) is 2.64. The van der Waals surface area contributed by atoms with E-state index in [4.69, 9.17) is 14.2 Å². The van der Waals surface area contributed by atoms with Crippen LogP contribution in [0.1, 0.15) is 38.8 Å². The summed E-state index contributed by atoms with van der Waals surface area (Å²) in [4.78, 5) is 0. The van der Waals surface area contributed by atoms with Crippen LogP contribution in [0.3, 0.4) is 0 Å². The second kappa shape index (κ2) is 5.27. The fraction of sp³-hybridized carbons (Fsp3) is 0.647. The van der Waals surface area contributed by atoms with Gasteiger partial charge in [-0.25, -0.2) is 0 Å². The van der Waals surface area contributed by atoms with Crippen molar-refractivity contribution in [1.29, 1.82) is 0 Å². The average Bonchev–Trinajstić information content (AvgIpc) is 2.87. The number of ether oxygens (including phenoxy) is 3. The van der Waals surface area contributed by atoms with Crippen LogP contribution < -0.4 is 10.1 Å². The maximum absolute atomic E-state index is 6.09. The van der Waals surface area contributed by atoms with Crippen molar-refractivity contribution in [3.05, 3.63) is 29.3 Å². The van der Waals surface area contributed by atoms with Crippen molar-refractivity contribution in [3.8, 4) is 5.75 Å². The Kier molecular flexibility index (Phi) is 3.72. The number of hydrogen-bond acceptors (Lipinski definition) is 4. The second-order valence-electron chi connectivity index (χ2n) is 7.03. The van der Waals surface area contributed by atoms with E-state index >= 15 is 0 Å². The first-order valence-electron chi connectivity index (χ1n) is 7.67. The standard InChI is InChI=1S/C17H25NO3/c1-16(2)8-12-6-5-7-13(15(12)21-16)9-18-10-14-11-19-17(3,4)20-14/h5-7,14,18H,8-11H2,1-4H3. The number of para-hydroxylation sites is 1. The van der Waals surface area contributed by atoms with Crippen LogP contribution in [0.2, 0.25) is 0 Å². The molecule has 2 heterocycles. The summed E-state index contributed by atoms with van der Waals surface area (Å²) < 4.78 is 17.5. The Bertz CT molecular complexity index is 525. The SMILES string of the molecule is CC1(C)Cc2cccc(CNCC3COC(C)(C)O3)c2O1. The lowest BCUT2D eigenvalue weighted by Crippen LogP contribution is -2.30. The number of nitrogens with one attached hydrogen (secondary N) is 1. The Hall–Kier alpha value is -1.10. The van der Waals surface area contributed by atoms with Crippen LogP contribution in [-0.2, 0) is 22.4 Å². The van der Waals surface area contributed by atoms with Crippen LogP contribution in [0.15, 0.2) is 18.2 Å². The molecule has 1 N–H and O–H groups in total. The third-order valence-corrected chi connectivity index (χ3v) is 3.93. The van der Waals surface area contributed by atoms with Crippen LogP contribution in [0, 0.1) is 0 Å². The number of fused-ring (bicyclic) bond motifs is 1. The fourth-order valence-corrected chi connectivity index (χ4v) is 3.05. The number of rotatable bonds is 4. The molecule has 1 unspecified atom stereocenters. The van der Waals surface area contributed by atoms with Crippen molar-refractivity contribution >= 4 is 0 Å². The van der Waals surface area contributed by atoms with Gasteiger partial charge in [0.2, 0.25) is 0 Å². The lowest BCUT2D eigenvalue weighted by Gasteiger charge is -2.19. The zero-order chi connectivity index (χ0) is 15.1. The molecular weight excluding hydrogens is 266 g/mol. The summed E-state index contributed by atoms with van der Waals surface area (Å²) in [6, 6.07) is 6.39. The van der Waals surface area contributed by atoms with Crippen LogP contribution in [0.4, 0.5) is 0 Å². The summed E-state index contributed by atoms with van der Waals surface area (Å²) in [7, 11) is 0. The molecule has 0 amide bonds. The molecule has 1 aromatic carbocycles. The largest absolute Gasteiger partial charge is 0.487 e. The van der Waals surface area contributed by atoms with Gasteiger partial charge in [-0.15, -0.1) is 0 Å². The summed E-state index contributed by atoms with van der Waals surface area (Å²) >= 11 is 0. The number of benzene rings is 1. The van der Waals surface area contributed by atoms with E-state index in [1.165, 1.54) is 11.1 Å². The van der Waals surface area contributed by atoms with E-state index in [0.29, 0.717) is 6.61 Å². The zero-order valence-electron chi connectivity index (χ0n) is 13.4. The minimum absolute atomic E-state index is 0.0924. The molecule has 21 heavy (non-hydrogen) atoms. The smallest absolute Gasteiger partial charge is 0.163 e. The van der Waals surface area contributed by atoms with Gasteiger partial charge in [0.25, 0.3) is 0 Å². The van der Waals surface area contributed by atoms with Gasteiger partial charge in [0.15, 0.2) is 5.79 Å². The average molecular weight is 291 g/mol. The summed E-state index contributed by atoms with van der Waals surface area (Å²) in [5.41, 5.74) is 2.43. The predicted molar refractivity (Wildman–Crippen MR) is 81.5 cm³/mol. The molecule has 4 nitrogen and oxygen atoms in total. The van der Waals surface area contributed by atoms with E-state index in [-0.39, 0.29) is 11.7 Å². The molecule has 2 aliphatic rings. The van der Waals surface area contributed by atoms with Gasteiger partial charge in [-0.05, 0) is 33.3 Å². The molecule has 3 rings (SSSR count). The monoisotopic (exact) mass is 291 g/mol. The maximum atomic E-state index is 6.09. The molecular formula is C17H25NO3. The Morgan fingerprint density at radius 3 is 2.76 bits per heavy atom. The third-order valence-electron chi connectivity index (χ3n) is 3.93. The summed E-state index contributed by atoms with van der Waals surface area (Å²) in [5.74, 6) is 0.604. The molecule has 116 valence electrons. The molecule has 1 aromatic rings. The van der Waals surface area contributed by atoms with Gasteiger partial charge in [-0.2, -0.15) is 0 Å². The third kappa shape index (κ3) is 3.39. The van der Waals surface area contributed by atoms with E-state index in [1.54, 1.807) is 0 Å². The molecule has 0 bridgehead atoms.